The van der Waals surface area contributed by atoms with E-state index in [1.54, 1.807) is 19.1 Å². The molecule has 0 spiro atoms. The maximum atomic E-state index is 12.8. The Balaban J connectivity index is 1.63. The quantitative estimate of drug-likeness (QED) is 0.649. The number of benzene rings is 2. The van der Waals surface area contributed by atoms with E-state index >= 15 is 0 Å². The summed E-state index contributed by atoms with van der Waals surface area (Å²) in [4.78, 5) is 26.8. The lowest BCUT2D eigenvalue weighted by Gasteiger charge is -2.26. The first kappa shape index (κ1) is 21.7. The van der Waals surface area contributed by atoms with Crippen LogP contribution in [0.4, 0.5) is 0 Å². The molecule has 0 unspecified atom stereocenters. The van der Waals surface area contributed by atoms with Crippen molar-refractivity contribution >= 4 is 11.9 Å². The summed E-state index contributed by atoms with van der Waals surface area (Å²) in [7, 11) is 3.22. The molecule has 1 aliphatic heterocycles. The first-order valence-electron chi connectivity index (χ1n) is 10.2. The molecule has 0 saturated carbocycles. The third-order valence-corrected chi connectivity index (χ3v) is 5.65. The number of amides is 1. The summed E-state index contributed by atoms with van der Waals surface area (Å²) < 4.78 is 16.1. The van der Waals surface area contributed by atoms with Gasteiger partial charge in [0.15, 0.2) is 6.61 Å². The molecule has 0 aromatic heterocycles. The van der Waals surface area contributed by atoms with E-state index in [0.717, 1.165) is 29.5 Å². The molecule has 6 heteroatoms. The molecule has 30 heavy (non-hydrogen) atoms. The third kappa shape index (κ3) is 4.93. The fourth-order valence-electron chi connectivity index (χ4n) is 3.84. The van der Waals surface area contributed by atoms with Crippen LogP contribution in [-0.2, 0) is 20.7 Å². The van der Waals surface area contributed by atoms with Crippen LogP contribution in [0.1, 0.15) is 41.1 Å². The molecule has 1 aliphatic rings. The second kappa shape index (κ2) is 9.65. The number of methoxy groups -OCH3 is 2. The first-order valence-corrected chi connectivity index (χ1v) is 10.2. The summed E-state index contributed by atoms with van der Waals surface area (Å²) in [5.74, 6) is 0.828. The Morgan fingerprint density at radius 1 is 1.03 bits per heavy atom. The van der Waals surface area contributed by atoms with Crippen molar-refractivity contribution in [3.8, 4) is 11.5 Å². The van der Waals surface area contributed by atoms with Crippen LogP contribution in [0.15, 0.2) is 36.4 Å². The SMILES string of the molecule is COc1ccc(OC)c([C@H]2CCCN2C(=O)COC(=O)Cc2ccc(C)c(C)c2)c1. The van der Waals surface area contributed by atoms with Crippen molar-refractivity contribution in [2.45, 2.75) is 39.2 Å². The normalized spacial score (nSPS) is 15.7. The van der Waals surface area contributed by atoms with Gasteiger partial charge in [0.2, 0.25) is 0 Å². The van der Waals surface area contributed by atoms with Gasteiger partial charge in [0, 0.05) is 12.1 Å². The third-order valence-electron chi connectivity index (χ3n) is 5.65. The Kier molecular flexibility index (Phi) is 6.98. The van der Waals surface area contributed by atoms with Crippen molar-refractivity contribution in [1.29, 1.82) is 0 Å². The molecule has 2 aromatic rings. The zero-order valence-corrected chi connectivity index (χ0v) is 18.1. The van der Waals surface area contributed by atoms with Gasteiger partial charge in [-0.3, -0.25) is 9.59 Å². The van der Waals surface area contributed by atoms with Gasteiger partial charge in [-0.25, -0.2) is 0 Å². The monoisotopic (exact) mass is 411 g/mol. The standard InChI is InChI=1S/C24H29NO5/c1-16-7-8-18(12-17(16)2)13-24(27)30-15-23(26)25-11-5-6-21(25)20-14-19(28-3)9-10-22(20)29-4/h7-10,12,14,21H,5-6,11,13,15H2,1-4H3/t21-/m1/s1. The zero-order valence-electron chi connectivity index (χ0n) is 18.1. The van der Waals surface area contributed by atoms with E-state index in [4.69, 9.17) is 14.2 Å². The molecular formula is C24H29NO5. The van der Waals surface area contributed by atoms with Crippen molar-refractivity contribution in [1.82, 2.24) is 4.90 Å². The van der Waals surface area contributed by atoms with Crippen LogP contribution < -0.4 is 9.47 Å². The molecule has 1 fully saturated rings. The van der Waals surface area contributed by atoms with Crippen LogP contribution in [0.25, 0.3) is 0 Å². The van der Waals surface area contributed by atoms with Crippen LogP contribution in [0, 0.1) is 13.8 Å². The second-order valence-electron chi connectivity index (χ2n) is 7.61. The van der Waals surface area contributed by atoms with Crippen molar-refractivity contribution in [3.05, 3.63) is 58.7 Å². The lowest BCUT2D eigenvalue weighted by molar-refractivity contribution is -0.151. The van der Waals surface area contributed by atoms with Gasteiger partial charge in [0.25, 0.3) is 5.91 Å². The fraction of sp³-hybridized carbons (Fsp3) is 0.417. The largest absolute Gasteiger partial charge is 0.497 e. The zero-order chi connectivity index (χ0) is 21.7. The fourth-order valence-corrected chi connectivity index (χ4v) is 3.84. The Morgan fingerprint density at radius 2 is 1.83 bits per heavy atom. The average molecular weight is 411 g/mol. The van der Waals surface area contributed by atoms with Crippen molar-refractivity contribution < 1.29 is 23.8 Å². The summed E-state index contributed by atoms with van der Waals surface area (Å²) in [5, 5.41) is 0. The maximum Gasteiger partial charge on any atom is 0.310 e. The van der Waals surface area contributed by atoms with Gasteiger partial charge in [0.1, 0.15) is 11.5 Å². The van der Waals surface area contributed by atoms with Crippen LogP contribution in [0.3, 0.4) is 0 Å². The Bertz CT molecular complexity index is 924. The number of carbonyl (C=O) groups is 2. The molecule has 1 saturated heterocycles. The first-order chi connectivity index (χ1) is 14.4. The predicted octanol–water partition coefficient (Wildman–Crippen LogP) is 3.77. The Labute approximate surface area is 177 Å². The van der Waals surface area contributed by atoms with Gasteiger partial charge >= 0.3 is 5.97 Å². The van der Waals surface area contributed by atoms with Crippen LogP contribution >= 0.6 is 0 Å². The number of aryl methyl sites for hydroxylation is 2. The summed E-state index contributed by atoms with van der Waals surface area (Å²) in [6.45, 7) is 4.40. The number of rotatable bonds is 7. The van der Waals surface area contributed by atoms with E-state index < -0.39 is 5.97 Å². The molecule has 0 aliphatic carbocycles. The number of ether oxygens (including phenoxy) is 3. The number of hydrogen-bond acceptors (Lipinski definition) is 5. The summed E-state index contributed by atoms with van der Waals surface area (Å²) in [5.41, 5.74) is 4.10. The Hall–Kier alpha value is -3.02. The molecular weight excluding hydrogens is 382 g/mol. The van der Waals surface area contributed by atoms with Crippen molar-refractivity contribution in [2.75, 3.05) is 27.4 Å². The highest BCUT2D eigenvalue weighted by molar-refractivity contribution is 5.82. The van der Waals surface area contributed by atoms with Gasteiger partial charge in [0.05, 0.1) is 26.7 Å². The van der Waals surface area contributed by atoms with Crippen molar-refractivity contribution in [3.63, 3.8) is 0 Å². The van der Waals surface area contributed by atoms with Crippen LogP contribution in [-0.4, -0.2) is 44.1 Å². The molecule has 1 heterocycles. The smallest absolute Gasteiger partial charge is 0.310 e. The average Bonchev–Trinajstić information content (AvgIpc) is 3.24. The number of carbonyl (C=O) groups excluding carboxylic acids is 2. The highest BCUT2D eigenvalue weighted by Gasteiger charge is 2.32. The number of nitrogens with zero attached hydrogens (tertiary/aromatic N) is 1. The highest BCUT2D eigenvalue weighted by atomic mass is 16.5. The summed E-state index contributed by atoms with van der Waals surface area (Å²) in [6.07, 6.45) is 1.86. The lowest BCUT2D eigenvalue weighted by atomic mass is 10.0. The van der Waals surface area contributed by atoms with E-state index in [2.05, 4.69) is 0 Å². The van der Waals surface area contributed by atoms with Crippen LogP contribution in [0.2, 0.25) is 0 Å². The molecule has 160 valence electrons. The van der Waals surface area contributed by atoms with Gasteiger partial charge in [-0.1, -0.05) is 18.2 Å². The van der Waals surface area contributed by atoms with E-state index in [1.807, 2.05) is 50.2 Å². The maximum absolute atomic E-state index is 12.8. The van der Waals surface area contributed by atoms with Gasteiger partial charge in [-0.05, 0) is 61.6 Å². The molecule has 3 rings (SSSR count). The lowest BCUT2D eigenvalue weighted by Crippen LogP contribution is -2.34. The predicted molar refractivity (Wildman–Crippen MR) is 114 cm³/mol. The van der Waals surface area contributed by atoms with E-state index in [-0.39, 0.29) is 25.0 Å². The summed E-state index contributed by atoms with van der Waals surface area (Å²) >= 11 is 0. The number of hydrogen-bond donors (Lipinski definition) is 0. The van der Waals surface area contributed by atoms with Crippen molar-refractivity contribution in [2.24, 2.45) is 0 Å². The molecule has 6 nitrogen and oxygen atoms in total. The second-order valence-corrected chi connectivity index (χ2v) is 7.61. The molecule has 0 N–H and O–H groups in total. The molecule has 1 amide bonds. The van der Waals surface area contributed by atoms with Gasteiger partial charge < -0.3 is 19.1 Å². The van der Waals surface area contributed by atoms with Gasteiger partial charge in [-0.15, -0.1) is 0 Å². The molecule has 0 radical (unpaired) electrons. The highest BCUT2D eigenvalue weighted by Crippen LogP contribution is 2.38. The molecule has 0 bridgehead atoms. The van der Waals surface area contributed by atoms with E-state index in [1.165, 1.54) is 5.56 Å². The topological polar surface area (TPSA) is 65.1 Å². The number of likely N-dealkylation sites (tertiary alicyclic amines) is 1. The molecule has 1 atom stereocenters. The minimum absolute atomic E-state index is 0.124. The molecule has 2 aromatic carbocycles. The number of esters is 1. The minimum atomic E-state index is -0.402. The van der Waals surface area contributed by atoms with E-state index in [9.17, 15) is 9.59 Å². The van der Waals surface area contributed by atoms with Gasteiger partial charge in [-0.2, -0.15) is 0 Å². The van der Waals surface area contributed by atoms with E-state index in [0.29, 0.717) is 18.0 Å². The Morgan fingerprint density at radius 3 is 2.53 bits per heavy atom. The summed E-state index contributed by atoms with van der Waals surface area (Å²) in [6, 6.07) is 11.3. The van der Waals surface area contributed by atoms with Crippen LogP contribution in [0.5, 0.6) is 11.5 Å². The minimum Gasteiger partial charge on any atom is -0.497 e.